The first kappa shape index (κ1) is 12.9. The molecular formula is C8H11Br2ClN2S. The first-order chi connectivity index (χ1) is 6.66. The second-order valence-electron chi connectivity index (χ2n) is 2.78. The first-order valence-electron chi connectivity index (χ1n) is 4.31. The third-order valence-corrected chi connectivity index (χ3v) is 4.88. The lowest BCUT2D eigenvalue weighted by atomic mass is 10.4. The number of nitrogens with zero attached hydrogens (tertiary/aromatic N) is 2. The smallest absolute Gasteiger partial charge is 0.205 e. The molecular weight excluding hydrogens is 351 g/mol. The van der Waals surface area contributed by atoms with E-state index in [0.717, 1.165) is 20.8 Å². The molecule has 1 rings (SSSR count). The van der Waals surface area contributed by atoms with Crippen molar-refractivity contribution in [2.75, 3.05) is 5.75 Å². The summed E-state index contributed by atoms with van der Waals surface area (Å²) in [6.45, 7) is 2.19. The fourth-order valence-electron chi connectivity index (χ4n) is 0.892. The van der Waals surface area contributed by atoms with E-state index in [4.69, 9.17) is 11.6 Å². The number of unbranched alkanes of at least 4 members (excludes halogenated alkanes) is 1. The van der Waals surface area contributed by atoms with Crippen LogP contribution in [0.3, 0.4) is 0 Å². The van der Waals surface area contributed by atoms with E-state index in [1.165, 1.54) is 12.8 Å². The molecule has 0 spiro atoms. The number of thioether (sulfide) groups is 1. The lowest BCUT2D eigenvalue weighted by Gasteiger charge is -2.04. The maximum Gasteiger partial charge on any atom is 0.205 e. The Morgan fingerprint density at radius 3 is 2.71 bits per heavy atom. The molecule has 0 saturated carbocycles. The fraction of sp³-hybridized carbons (Fsp3) is 0.625. The minimum atomic E-state index is 0.521. The number of halogens is 3. The standard InChI is InChI=1S/C8H11Br2ClN2S/c1-2-3-4-14-5-13-7(10)6(9)12-8(13)11/h2-5H2,1H3. The van der Waals surface area contributed by atoms with Crippen molar-refractivity contribution in [2.45, 2.75) is 25.6 Å². The molecule has 1 aromatic rings. The quantitative estimate of drug-likeness (QED) is 0.715. The summed E-state index contributed by atoms with van der Waals surface area (Å²) in [5.41, 5.74) is 0. The molecule has 80 valence electrons. The van der Waals surface area contributed by atoms with Gasteiger partial charge in [0.15, 0.2) is 0 Å². The second kappa shape index (κ2) is 6.40. The molecule has 0 aliphatic rings. The average molecular weight is 363 g/mol. The summed E-state index contributed by atoms with van der Waals surface area (Å²) in [4.78, 5) is 4.09. The van der Waals surface area contributed by atoms with Crippen LogP contribution in [0.4, 0.5) is 0 Å². The van der Waals surface area contributed by atoms with Crippen LogP contribution >= 0.6 is 55.2 Å². The van der Waals surface area contributed by atoms with Gasteiger partial charge in [-0.1, -0.05) is 13.3 Å². The van der Waals surface area contributed by atoms with Crippen LogP contribution < -0.4 is 0 Å². The van der Waals surface area contributed by atoms with E-state index < -0.39 is 0 Å². The number of hydrogen-bond acceptors (Lipinski definition) is 2. The normalized spacial score (nSPS) is 10.9. The Hall–Kier alpha value is 0.810. The van der Waals surface area contributed by atoms with Crippen LogP contribution in [0.1, 0.15) is 19.8 Å². The van der Waals surface area contributed by atoms with E-state index in [1.54, 1.807) is 0 Å². The summed E-state index contributed by atoms with van der Waals surface area (Å²) in [7, 11) is 0. The molecule has 2 nitrogen and oxygen atoms in total. The maximum absolute atomic E-state index is 5.94. The second-order valence-corrected chi connectivity index (χ2v) is 5.70. The molecule has 0 aliphatic heterocycles. The zero-order valence-corrected chi connectivity index (χ0v) is 12.5. The third kappa shape index (κ3) is 3.43. The van der Waals surface area contributed by atoms with Crippen molar-refractivity contribution in [2.24, 2.45) is 0 Å². The molecule has 0 amide bonds. The summed E-state index contributed by atoms with van der Waals surface area (Å²) in [5, 5.41) is 0.521. The van der Waals surface area contributed by atoms with Gasteiger partial charge in [0, 0.05) is 0 Å². The summed E-state index contributed by atoms with van der Waals surface area (Å²) in [5.74, 6) is 2.01. The third-order valence-electron chi connectivity index (χ3n) is 1.68. The van der Waals surface area contributed by atoms with Crippen molar-refractivity contribution in [1.29, 1.82) is 0 Å². The van der Waals surface area contributed by atoms with Gasteiger partial charge in [-0.25, -0.2) is 4.98 Å². The molecule has 0 radical (unpaired) electrons. The van der Waals surface area contributed by atoms with E-state index >= 15 is 0 Å². The summed E-state index contributed by atoms with van der Waals surface area (Å²) in [6.07, 6.45) is 2.48. The first-order valence-corrected chi connectivity index (χ1v) is 7.43. The molecule has 14 heavy (non-hydrogen) atoms. The minimum Gasteiger partial charge on any atom is -0.298 e. The van der Waals surface area contributed by atoms with Gasteiger partial charge in [0.2, 0.25) is 5.28 Å². The van der Waals surface area contributed by atoms with E-state index in [1.807, 2.05) is 16.3 Å². The molecule has 0 unspecified atom stereocenters. The van der Waals surface area contributed by atoms with E-state index in [0.29, 0.717) is 5.28 Å². The van der Waals surface area contributed by atoms with Crippen LogP contribution in [0.5, 0.6) is 0 Å². The van der Waals surface area contributed by atoms with E-state index in [9.17, 15) is 0 Å². The Balaban J connectivity index is 2.49. The zero-order valence-electron chi connectivity index (χ0n) is 7.76. The van der Waals surface area contributed by atoms with Crippen LogP contribution in [-0.4, -0.2) is 15.3 Å². The molecule has 6 heteroatoms. The van der Waals surface area contributed by atoms with Gasteiger partial charge in [0.05, 0.1) is 5.88 Å². The molecule has 0 atom stereocenters. The van der Waals surface area contributed by atoms with Crippen LogP contribution in [0.25, 0.3) is 0 Å². The van der Waals surface area contributed by atoms with Gasteiger partial charge in [0.1, 0.15) is 9.21 Å². The zero-order chi connectivity index (χ0) is 10.6. The number of hydrogen-bond donors (Lipinski definition) is 0. The highest BCUT2D eigenvalue weighted by Gasteiger charge is 2.10. The Kier molecular flexibility index (Phi) is 5.89. The largest absolute Gasteiger partial charge is 0.298 e. The van der Waals surface area contributed by atoms with Gasteiger partial charge in [-0.2, -0.15) is 0 Å². The Morgan fingerprint density at radius 2 is 2.21 bits per heavy atom. The van der Waals surface area contributed by atoms with Crippen molar-refractivity contribution in [3.05, 3.63) is 14.5 Å². The lowest BCUT2D eigenvalue weighted by molar-refractivity contribution is 0.854. The Labute approximate surface area is 110 Å². The highest BCUT2D eigenvalue weighted by molar-refractivity contribution is 9.13. The molecule has 0 bridgehead atoms. The molecule has 0 fully saturated rings. The van der Waals surface area contributed by atoms with Crippen molar-refractivity contribution < 1.29 is 0 Å². The van der Waals surface area contributed by atoms with Gasteiger partial charge >= 0.3 is 0 Å². The average Bonchev–Trinajstić information content (AvgIpc) is 2.38. The molecule has 1 heterocycles. The summed E-state index contributed by atoms with van der Waals surface area (Å²) >= 11 is 14.5. The number of aromatic nitrogens is 2. The molecule has 0 aromatic carbocycles. The topological polar surface area (TPSA) is 17.8 Å². The van der Waals surface area contributed by atoms with Gasteiger partial charge in [-0.15, -0.1) is 11.8 Å². The minimum absolute atomic E-state index is 0.521. The van der Waals surface area contributed by atoms with Crippen LogP contribution in [-0.2, 0) is 5.88 Å². The summed E-state index contributed by atoms with van der Waals surface area (Å²) < 4.78 is 3.61. The monoisotopic (exact) mass is 360 g/mol. The molecule has 0 saturated heterocycles. The number of imidazole rings is 1. The van der Waals surface area contributed by atoms with Gasteiger partial charge in [-0.3, -0.25) is 4.57 Å². The van der Waals surface area contributed by atoms with Crippen LogP contribution in [0.15, 0.2) is 9.21 Å². The highest BCUT2D eigenvalue weighted by atomic mass is 79.9. The SMILES string of the molecule is CCCCSCn1c(Cl)nc(Br)c1Br. The molecule has 0 aliphatic carbocycles. The predicted molar refractivity (Wildman–Crippen MR) is 70.0 cm³/mol. The van der Waals surface area contributed by atoms with E-state index in [-0.39, 0.29) is 0 Å². The molecule has 1 aromatic heterocycles. The number of rotatable bonds is 5. The van der Waals surface area contributed by atoms with E-state index in [2.05, 4.69) is 43.8 Å². The summed E-state index contributed by atoms with van der Waals surface area (Å²) in [6, 6.07) is 0. The molecule has 0 N–H and O–H groups in total. The van der Waals surface area contributed by atoms with Gasteiger partial charge in [-0.05, 0) is 55.6 Å². The van der Waals surface area contributed by atoms with Crippen molar-refractivity contribution in [1.82, 2.24) is 9.55 Å². The van der Waals surface area contributed by atoms with Crippen molar-refractivity contribution in [3.63, 3.8) is 0 Å². The predicted octanol–water partition coefficient (Wildman–Crippen LogP) is 4.55. The Bertz CT molecular complexity index is 304. The fourth-order valence-corrected chi connectivity index (χ4v) is 3.38. The van der Waals surface area contributed by atoms with Gasteiger partial charge in [0.25, 0.3) is 0 Å². The van der Waals surface area contributed by atoms with Crippen molar-refractivity contribution in [3.8, 4) is 0 Å². The lowest BCUT2D eigenvalue weighted by Crippen LogP contribution is -1.95. The van der Waals surface area contributed by atoms with Crippen LogP contribution in [0, 0.1) is 0 Å². The maximum atomic E-state index is 5.94. The van der Waals surface area contributed by atoms with Crippen molar-refractivity contribution >= 4 is 55.2 Å². The van der Waals surface area contributed by atoms with Crippen LogP contribution in [0.2, 0.25) is 5.28 Å². The Morgan fingerprint density at radius 1 is 1.50 bits per heavy atom. The highest BCUT2D eigenvalue weighted by Crippen LogP contribution is 2.28. The van der Waals surface area contributed by atoms with Gasteiger partial charge < -0.3 is 0 Å².